The van der Waals surface area contributed by atoms with Crippen LogP contribution in [0.5, 0.6) is 0 Å². The lowest BCUT2D eigenvalue weighted by Crippen LogP contribution is -2.64. The first-order valence-corrected chi connectivity index (χ1v) is 10.2. The molecule has 2 saturated carbocycles. The summed E-state index contributed by atoms with van der Waals surface area (Å²) in [4.78, 5) is 27.2. The average molecular weight is 361 g/mol. The van der Waals surface area contributed by atoms with Gasteiger partial charge in [-0.1, -0.05) is 0 Å². The zero-order valence-corrected chi connectivity index (χ0v) is 14.9. The number of amides is 2. The van der Waals surface area contributed by atoms with E-state index in [0.29, 0.717) is 24.5 Å². The number of hydrogen-bond donors (Lipinski definition) is 2. The summed E-state index contributed by atoms with van der Waals surface area (Å²) in [5.74, 6) is 1.41. The topological polar surface area (TPSA) is 93.9 Å². The van der Waals surface area contributed by atoms with Gasteiger partial charge in [0.2, 0.25) is 11.8 Å². The van der Waals surface area contributed by atoms with Gasteiger partial charge in [-0.15, -0.1) is 0 Å². The van der Waals surface area contributed by atoms with E-state index >= 15 is 0 Å². The summed E-state index contributed by atoms with van der Waals surface area (Å²) in [7, 11) is 0. The Hall–Kier alpha value is -1.18. The molecule has 0 spiro atoms. The van der Waals surface area contributed by atoms with Gasteiger partial charge in [0.1, 0.15) is 5.72 Å². The Bertz CT molecular complexity index is 632. The number of nitrogens with one attached hydrogen (secondary N) is 1. The number of likely N-dealkylation sites (tertiary alicyclic amines) is 1. The lowest BCUT2D eigenvalue weighted by molar-refractivity contribution is -0.233. The van der Waals surface area contributed by atoms with Crippen LogP contribution in [0.2, 0.25) is 0 Å². The average Bonchev–Trinajstić information content (AvgIpc) is 3.17. The fourth-order valence-electron chi connectivity index (χ4n) is 7.11. The van der Waals surface area contributed by atoms with E-state index in [2.05, 4.69) is 5.32 Å². The van der Waals surface area contributed by atoms with Crippen LogP contribution >= 0.6 is 0 Å². The Morgan fingerprint density at radius 2 is 2.00 bits per heavy atom. The molecule has 5 aliphatic heterocycles. The van der Waals surface area contributed by atoms with Crippen LogP contribution in [0.25, 0.3) is 0 Å². The normalized spacial score (nSPS) is 53.4. The van der Waals surface area contributed by atoms with E-state index in [-0.39, 0.29) is 48.4 Å². The van der Waals surface area contributed by atoms with Crippen LogP contribution in [0.1, 0.15) is 38.5 Å². The molecule has 7 nitrogen and oxygen atoms in total. The summed E-state index contributed by atoms with van der Waals surface area (Å²) in [6.45, 7) is 0.721. The van der Waals surface area contributed by atoms with Crippen molar-refractivity contribution in [1.82, 2.24) is 10.2 Å². The number of carbonyl (C=O) groups excluding carboxylic acids is 2. The van der Waals surface area contributed by atoms with Gasteiger partial charge in [-0.3, -0.25) is 9.59 Å². The van der Waals surface area contributed by atoms with Gasteiger partial charge >= 0.3 is 0 Å². The van der Waals surface area contributed by atoms with Gasteiger partial charge in [-0.05, 0) is 50.4 Å². The minimum Gasteiger partial charge on any atom is -0.372 e. The number of nitrogens with two attached hydrogens (primary N) is 1. The molecular weight excluding hydrogens is 334 g/mol. The molecule has 0 radical (unpaired) electrons. The van der Waals surface area contributed by atoms with E-state index < -0.39 is 5.72 Å². The maximum atomic E-state index is 12.8. The Labute approximate surface area is 152 Å². The van der Waals surface area contributed by atoms with Crippen LogP contribution in [0.4, 0.5) is 0 Å². The monoisotopic (exact) mass is 361 g/mol. The Balaban J connectivity index is 1.13. The molecule has 5 heterocycles. The first-order valence-electron chi connectivity index (χ1n) is 10.2. The van der Waals surface area contributed by atoms with Gasteiger partial charge in [0.15, 0.2) is 0 Å². The van der Waals surface area contributed by atoms with E-state index in [4.69, 9.17) is 15.2 Å². The third-order valence-corrected chi connectivity index (χ3v) is 7.76. The van der Waals surface area contributed by atoms with Crippen LogP contribution in [0.3, 0.4) is 0 Å². The molecular formula is C19H27N3O4. The zero-order chi connectivity index (χ0) is 17.6. The van der Waals surface area contributed by atoms with Crippen LogP contribution in [0.15, 0.2) is 0 Å². The van der Waals surface area contributed by atoms with Crippen molar-refractivity contribution in [2.24, 2.45) is 29.4 Å². The van der Waals surface area contributed by atoms with Gasteiger partial charge in [0, 0.05) is 18.5 Å². The van der Waals surface area contributed by atoms with E-state index in [1.807, 2.05) is 0 Å². The molecule has 2 aliphatic carbocycles. The van der Waals surface area contributed by atoms with Crippen molar-refractivity contribution in [2.45, 2.75) is 68.6 Å². The molecule has 0 aromatic heterocycles. The molecule has 3 N–H and O–H groups in total. The predicted molar refractivity (Wildman–Crippen MR) is 90.6 cm³/mol. The fraction of sp³-hybridized carbons (Fsp3) is 0.895. The Morgan fingerprint density at radius 1 is 1.23 bits per heavy atom. The smallest absolute Gasteiger partial charge is 0.241 e. The third kappa shape index (κ3) is 2.17. The highest BCUT2D eigenvalue weighted by Crippen LogP contribution is 2.52. The van der Waals surface area contributed by atoms with Crippen molar-refractivity contribution in [3.8, 4) is 0 Å². The molecule has 9 atom stereocenters. The summed E-state index contributed by atoms with van der Waals surface area (Å²) in [5, 5.41) is 3.17. The van der Waals surface area contributed by atoms with E-state index in [1.54, 1.807) is 4.90 Å². The molecule has 0 aromatic rings. The van der Waals surface area contributed by atoms with E-state index in [1.165, 1.54) is 6.42 Å². The van der Waals surface area contributed by atoms with Crippen molar-refractivity contribution in [1.29, 1.82) is 0 Å². The van der Waals surface area contributed by atoms with E-state index in [9.17, 15) is 9.59 Å². The number of rotatable bonds is 3. The summed E-state index contributed by atoms with van der Waals surface area (Å²) >= 11 is 0. The molecule has 7 unspecified atom stereocenters. The second-order valence-corrected chi connectivity index (χ2v) is 9.58. The van der Waals surface area contributed by atoms with Crippen molar-refractivity contribution >= 4 is 11.8 Å². The second-order valence-electron chi connectivity index (χ2n) is 9.58. The maximum Gasteiger partial charge on any atom is 0.241 e. The van der Waals surface area contributed by atoms with Gasteiger partial charge < -0.3 is 25.4 Å². The molecule has 7 rings (SSSR count). The highest BCUT2D eigenvalue weighted by Gasteiger charge is 2.60. The van der Waals surface area contributed by atoms with Crippen molar-refractivity contribution in [2.75, 3.05) is 13.1 Å². The predicted octanol–water partition coefficient (Wildman–Crippen LogP) is -0.0192. The molecule has 6 bridgehead atoms. The Morgan fingerprint density at radius 3 is 2.73 bits per heavy atom. The van der Waals surface area contributed by atoms with Crippen molar-refractivity contribution in [3.63, 3.8) is 0 Å². The fourth-order valence-corrected chi connectivity index (χ4v) is 7.11. The molecule has 5 saturated heterocycles. The number of fused-ring (bicyclic) bond motifs is 5. The lowest BCUT2D eigenvalue weighted by atomic mass is 9.65. The van der Waals surface area contributed by atoms with Crippen LogP contribution in [0, 0.1) is 23.7 Å². The van der Waals surface area contributed by atoms with E-state index in [0.717, 1.165) is 32.1 Å². The van der Waals surface area contributed by atoms with Gasteiger partial charge in [-0.2, -0.15) is 0 Å². The quantitative estimate of drug-likeness (QED) is 0.737. The number of nitrogens with zero attached hydrogens (tertiary/aromatic N) is 1. The Kier molecular flexibility index (Phi) is 3.17. The minimum absolute atomic E-state index is 0.0199. The van der Waals surface area contributed by atoms with Crippen molar-refractivity contribution in [3.05, 3.63) is 0 Å². The second kappa shape index (κ2) is 5.20. The molecule has 0 aromatic carbocycles. The molecule has 2 amide bonds. The first kappa shape index (κ1) is 15.8. The lowest BCUT2D eigenvalue weighted by Gasteiger charge is -2.56. The number of hydrogen-bond acceptors (Lipinski definition) is 5. The third-order valence-electron chi connectivity index (χ3n) is 7.76. The summed E-state index contributed by atoms with van der Waals surface area (Å²) in [6.07, 6.45) is 6.43. The van der Waals surface area contributed by atoms with Crippen LogP contribution in [-0.4, -0.2) is 59.9 Å². The highest BCUT2D eigenvalue weighted by atomic mass is 16.5. The standard InChI is InChI=1S/C19H27N3O4/c20-13-4-14-16-12(17(13)25-14)7-22(18(16)24)8-15(23)21-19-5-9-1-10(6-19)3-11(2-9)26-19/h9-14,16-17H,1-8,20H2,(H,21,23)/t9-,10+,11?,12?,13?,14?,16?,17?,19?. The SMILES string of the molecule is NC1CC2OC1C1CN(CC(=O)NC34C[C@@H]5CC(C[C@@H](C5)C3)O4)C(=O)C21. The minimum atomic E-state index is -0.477. The van der Waals surface area contributed by atoms with Gasteiger partial charge in [0.05, 0.1) is 30.8 Å². The van der Waals surface area contributed by atoms with Crippen LogP contribution in [-0.2, 0) is 19.1 Å². The summed E-state index contributed by atoms with van der Waals surface area (Å²) < 4.78 is 12.1. The summed E-state index contributed by atoms with van der Waals surface area (Å²) in [6, 6.07) is 0.0308. The number of ether oxygens (including phenoxy) is 2. The largest absolute Gasteiger partial charge is 0.372 e. The molecule has 7 aliphatic rings. The number of carbonyl (C=O) groups is 2. The molecule has 7 heteroatoms. The van der Waals surface area contributed by atoms with Gasteiger partial charge in [-0.25, -0.2) is 0 Å². The summed E-state index contributed by atoms with van der Waals surface area (Å²) in [5.41, 5.74) is 5.64. The highest BCUT2D eigenvalue weighted by molar-refractivity contribution is 5.88. The maximum absolute atomic E-state index is 12.8. The molecule has 26 heavy (non-hydrogen) atoms. The van der Waals surface area contributed by atoms with Gasteiger partial charge in [0.25, 0.3) is 0 Å². The molecule has 7 fully saturated rings. The zero-order valence-electron chi connectivity index (χ0n) is 14.9. The van der Waals surface area contributed by atoms with Crippen LogP contribution < -0.4 is 11.1 Å². The molecule has 142 valence electrons. The van der Waals surface area contributed by atoms with Crippen molar-refractivity contribution < 1.29 is 19.1 Å². The first-order chi connectivity index (χ1) is 12.5.